The molecule has 5 nitrogen and oxygen atoms in total. The van der Waals surface area contributed by atoms with Crippen LogP contribution in [0.5, 0.6) is 0 Å². The molecule has 19 heavy (non-hydrogen) atoms. The molecule has 2 N–H and O–H groups in total. The van der Waals surface area contributed by atoms with Gasteiger partial charge in [-0.05, 0) is 19.3 Å². The van der Waals surface area contributed by atoms with Crippen molar-refractivity contribution < 1.29 is 4.79 Å². The van der Waals surface area contributed by atoms with Crippen LogP contribution in [0.25, 0.3) is 10.3 Å². The molecule has 2 aromatic rings. The molecule has 2 saturated heterocycles. The van der Waals surface area contributed by atoms with Gasteiger partial charge < -0.3 is 10.6 Å². The standard InChI is InChI=1S/C13H14N4OS/c18-12(7-3-8-5-9(4-7)16-8)17-10-6-19-13-11(10)14-1-2-15-13/h1-2,6-9,16H,3-5H2,(H,17,18)/t7?,8-,9?/m1/s1. The first-order chi connectivity index (χ1) is 9.29. The fraction of sp³-hybridized carbons (Fsp3) is 0.462. The van der Waals surface area contributed by atoms with Crippen LogP contribution >= 0.6 is 11.3 Å². The molecule has 2 aromatic heterocycles. The summed E-state index contributed by atoms with van der Waals surface area (Å²) in [6.07, 6.45) is 6.47. The van der Waals surface area contributed by atoms with Crippen LogP contribution in [-0.2, 0) is 4.79 Å². The molecule has 98 valence electrons. The van der Waals surface area contributed by atoms with Crippen molar-refractivity contribution in [1.29, 1.82) is 0 Å². The van der Waals surface area contributed by atoms with Crippen LogP contribution in [0.2, 0.25) is 0 Å². The van der Waals surface area contributed by atoms with Crippen LogP contribution in [0.15, 0.2) is 17.8 Å². The fourth-order valence-electron chi connectivity index (χ4n) is 3.07. The second kappa shape index (κ2) is 4.25. The Bertz CT molecular complexity index is 624. The van der Waals surface area contributed by atoms with Crippen molar-refractivity contribution in [3.63, 3.8) is 0 Å². The Morgan fingerprint density at radius 2 is 2.00 bits per heavy atom. The Kier molecular flexibility index (Phi) is 2.53. The van der Waals surface area contributed by atoms with E-state index in [0.717, 1.165) is 28.9 Å². The fourth-order valence-corrected chi connectivity index (χ4v) is 3.86. The number of carbonyl (C=O) groups excluding carboxylic acids is 1. The van der Waals surface area contributed by atoms with E-state index in [1.807, 2.05) is 5.38 Å². The van der Waals surface area contributed by atoms with Crippen molar-refractivity contribution in [2.24, 2.45) is 5.92 Å². The van der Waals surface area contributed by atoms with Gasteiger partial charge in [-0.3, -0.25) is 4.79 Å². The molecule has 2 unspecified atom stereocenters. The predicted molar refractivity (Wildman–Crippen MR) is 74.1 cm³/mol. The van der Waals surface area contributed by atoms with E-state index in [-0.39, 0.29) is 11.8 Å². The van der Waals surface area contributed by atoms with Gasteiger partial charge in [-0.25, -0.2) is 9.97 Å². The Morgan fingerprint density at radius 1 is 1.26 bits per heavy atom. The zero-order chi connectivity index (χ0) is 12.8. The maximum Gasteiger partial charge on any atom is 0.227 e. The Balaban J connectivity index is 1.53. The number of nitrogens with zero attached hydrogens (tertiary/aromatic N) is 2. The summed E-state index contributed by atoms with van der Waals surface area (Å²) in [5, 5.41) is 8.39. The van der Waals surface area contributed by atoms with Crippen molar-refractivity contribution in [1.82, 2.24) is 15.3 Å². The third-order valence-corrected chi connectivity index (χ3v) is 4.89. The molecule has 1 saturated carbocycles. The van der Waals surface area contributed by atoms with E-state index >= 15 is 0 Å². The molecule has 3 aliphatic rings. The Labute approximate surface area is 114 Å². The number of hydrogen-bond acceptors (Lipinski definition) is 5. The summed E-state index contributed by atoms with van der Waals surface area (Å²) in [6.45, 7) is 0. The number of rotatable bonds is 2. The van der Waals surface area contributed by atoms with Gasteiger partial charge in [0.1, 0.15) is 10.3 Å². The first-order valence-corrected chi connectivity index (χ1v) is 7.42. The van der Waals surface area contributed by atoms with Gasteiger partial charge in [0.25, 0.3) is 0 Å². The number of fused-ring (bicyclic) bond motifs is 3. The van der Waals surface area contributed by atoms with Gasteiger partial charge in [-0.2, -0.15) is 0 Å². The van der Waals surface area contributed by atoms with Crippen LogP contribution in [0.1, 0.15) is 19.3 Å². The molecule has 0 aromatic carbocycles. The maximum atomic E-state index is 12.3. The minimum absolute atomic E-state index is 0.126. The smallest absolute Gasteiger partial charge is 0.227 e. The van der Waals surface area contributed by atoms with Crippen molar-refractivity contribution >= 4 is 33.3 Å². The van der Waals surface area contributed by atoms with Gasteiger partial charge in [-0.15, -0.1) is 11.3 Å². The predicted octanol–water partition coefficient (Wildman–Crippen LogP) is 1.77. The minimum atomic E-state index is 0.126. The molecular weight excluding hydrogens is 260 g/mol. The monoisotopic (exact) mass is 274 g/mol. The van der Waals surface area contributed by atoms with E-state index in [0.29, 0.717) is 12.1 Å². The molecular formula is C13H14N4OS. The van der Waals surface area contributed by atoms with E-state index in [9.17, 15) is 4.79 Å². The van der Waals surface area contributed by atoms with Gasteiger partial charge in [0, 0.05) is 35.8 Å². The summed E-state index contributed by atoms with van der Waals surface area (Å²) >= 11 is 1.51. The molecule has 0 radical (unpaired) electrons. The Hall–Kier alpha value is -1.53. The summed E-state index contributed by atoms with van der Waals surface area (Å²) in [7, 11) is 0. The highest BCUT2D eigenvalue weighted by Crippen LogP contribution is 2.34. The average Bonchev–Trinajstić information content (AvgIpc) is 2.82. The molecule has 1 aliphatic carbocycles. The SMILES string of the molecule is O=C(Nc1csc2nccnc12)C1CC2C[C@@H](C1)N2. The van der Waals surface area contributed by atoms with Crippen molar-refractivity contribution in [2.45, 2.75) is 31.3 Å². The zero-order valence-corrected chi connectivity index (χ0v) is 11.1. The van der Waals surface area contributed by atoms with E-state index in [1.165, 1.54) is 17.8 Å². The Morgan fingerprint density at radius 3 is 2.79 bits per heavy atom. The average molecular weight is 274 g/mol. The van der Waals surface area contributed by atoms with Crippen molar-refractivity contribution in [2.75, 3.05) is 5.32 Å². The van der Waals surface area contributed by atoms with Crippen LogP contribution in [0.3, 0.4) is 0 Å². The number of hydrogen-bond donors (Lipinski definition) is 2. The third kappa shape index (κ3) is 1.91. The third-order valence-electron chi connectivity index (χ3n) is 4.02. The van der Waals surface area contributed by atoms with Crippen LogP contribution in [0, 0.1) is 5.92 Å². The number of nitrogens with one attached hydrogen (secondary N) is 2. The first kappa shape index (κ1) is 11.3. The minimum Gasteiger partial charge on any atom is -0.323 e. The van der Waals surface area contributed by atoms with Gasteiger partial charge in [0.2, 0.25) is 5.91 Å². The zero-order valence-electron chi connectivity index (χ0n) is 10.3. The number of anilines is 1. The lowest BCUT2D eigenvalue weighted by molar-refractivity contribution is -0.122. The normalized spacial score (nSPS) is 28.9. The second-order valence-corrected chi connectivity index (χ2v) is 6.17. The van der Waals surface area contributed by atoms with Gasteiger partial charge in [0.15, 0.2) is 0 Å². The molecule has 4 heterocycles. The molecule has 3 atom stereocenters. The number of thiophene rings is 1. The lowest BCUT2D eigenvalue weighted by Crippen LogP contribution is -2.59. The molecule has 2 bridgehead atoms. The molecule has 6 heteroatoms. The summed E-state index contributed by atoms with van der Waals surface area (Å²) in [4.78, 5) is 21.7. The maximum absolute atomic E-state index is 12.3. The number of amides is 1. The highest BCUT2D eigenvalue weighted by molar-refractivity contribution is 7.17. The van der Waals surface area contributed by atoms with Gasteiger partial charge in [-0.1, -0.05) is 0 Å². The lowest BCUT2D eigenvalue weighted by Gasteiger charge is -2.45. The number of piperidine rings is 1. The molecule has 0 spiro atoms. The number of aromatic nitrogens is 2. The van der Waals surface area contributed by atoms with Crippen LogP contribution in [-0.4, -0.2) is 28.0 Å². The second-order valence-electron chi connectivity index (χ2n) is 5.31. The highest BCUT2D eigenvalue weighted by atomic mass is 32.1. The lowest BCUT2D eigenvalue weighted by atomic mass is 9.75. The molecule has 2 aliphatic heterocycles. The number of carbonyl (C=O) groups is 1. The largest absolute Gasteiger partial charge is 0.323 e. The summed E-state index contributed by atoms with van der Waals surface area (Å²) in [5.41, 5.74) is 1.59. The van der Waals surface area contributed by atoms with Crippen LogP contribution < -0.4 is 10.6 Å². The van der Waals surface area contributed by atoms with Crippen molar-refractivity contribution in [3.05, 3.63) is 17.8 Å². The molecule has 3 fully saturated rings. The van der Waals surface area contributed by atoms with Crippen LogP contribution in [0.4, 0.5) is 5.69 Å². The first-order valence-electron chi connectivity index (χ1n) is 6.55. The van der Waals surface area contributed by atoms with E-state index in [4.69, 9.17) is 0 Å². The summed E-state index contributed by atoms with van der Waals surface area (Å²) < 4.78 is 0. The molecule has 1 amide bonds. The topological polar surface area (TPSA) is 66.9 Å². The van der Waals surface area contributed by atoms with Crippen molar-refractivity contribution in [3.8, 4) is 0 Å². The van der Waals surface area contributed by atoms with Gasteiger partial charge >= 0.3 is 0 Å². The van der Waals surface area contributed by atoms with E-state index in [2.05, 4.69) is 20.6 Å². The quantitative estimate of drug-likeness (QED) is 0.876. The van der Waals surface area contributed by atoms with E-state index < -0.39 is 0 Å². The molecule has 5 rings (SSSR count). The van der Waals surface area contributed by atoms with E-state index in [1.54, 1.807) is 12.4 Å². The summed E-state index contributed by atoms with van der Waals surface area (Å²) in [6, 6.07) is 1.10. The summed E-state index contributed by atoms with van der Waals surface area (Å²) in [5.74, 6) is 0.262. The van der Waals surface area contributed by atoms with Gasteiger partial charge in [0.05, 0.1) is 5.69 Å². The highest BCUT2D eigenvalue weighted by Gasteiger charge is 2.40.